The Morgan fingerprint density at radius 2 is 2.19 bits per heavy atom. The maximum atomic E-state index is 10.8. The lowest BCUT2D eigenvalue weighted by molar-refractivity contribution is 0.177. The zero-order chi connectivity index (χ0) is 15.0. The molecule has 1 aromatic rings. The highest BCUT2D eigenvalue weighted by Crippen LogP contribution is 2.40. The molecular formula is C15H18BrNO4. The lowest BCUT2D eigenvalue weighted by Gasteiger charge is -2.18. The van der Waals surface area contributed by atoms with Crippen LogP contribution in [-0.2, 0) is 12.8 Å². The third kappa shape index (κ3) is 3.01. The zero-order valence-corrected chi connectivity index (χ0v) is 13.1. The molecule has 5 nitrogen and oxygen atoms in total. The van der Waals surface area contributed by atoms with E-state index in [2.05, 4.69) is 21.2 Å². The Bertz CT molecular complexity index is 571. The normalized spacial score (nSPS) is 21.7. The van der Waals surface area contributed by atoms with Gasteiger partial charge in [-0.25, -0.2) is 4.79 Å². The average molecular weight is 356 g/mol. The van der Waals surface area contributed by atoms with Crippen molar-refractivity contribution in [2.24, 2.45) is 5.92 Å². The summed E-state index contributed by atoms with van der Waals surface area (Å²) in [7, 11) is 0. The second kappa shape index (κ2) is 5.50. The predicted octanol–water partition coefficient (Wildman–Crippen LogP) is 2.34. The van der Waals surface area contributed by atoms with E-state index in [-0.39, 0.29) is 12.5 Å². The third-order valence-electron chi connectivity index (χ3n) is 4.29. The number of hydrogen-bond acceptors (Lipinski definition) is 3. The summed E-state index contributed by atoms with van der Waals surface area (Å²) < 4.78 is 6.76. The molecule has 0 radical (unpaired) electrons. The Morgan fingerprint density at radius 3 is 2.81 bits per heavy atom. The van der Waals surface area contributed by atoms with E-state index in [0.29, 0.717) is 6.61 Å². The molecule has 2 aliphatic rings. The summed E-state index contributed by atoms with van der Waals surface area (Å²) in [4.78, 5) is 10.8. The topological polar surface area (TPSA) is 78.8 Å². The van der Waals surface area contributed by atoms with E-state index in [1.807, 2.05) is 12.1 Å². The predicted molar refractivity (Wildman–Crippen MR) is 80.7 cm³/mol. The van der Waals surface area contributed by atoms with Gasteiger partial charge in [0, 0.05) is 6.61 Å². The van der Waals surface area contributed by atoms with Crippen LogP contribution >= 0.6 is 15.9 Å². The Hall–Kier alpha value is -1.27. The molecule has 0 aromatic heterocycles. The maximum absolute atomic E-state index is 10.8. The lowest BCUT2D eigenvalue weighted by atomic mass is 10.1. The quantitative estimate of drug-likeness (QED) is 0.757. The number of halogens is 1. The van der Waals surface area contributed by atoms with E-state index in [4.69, 9.17) is 9.84 Å². The van der Waals surface area contributed by atoms with E-state index in [9.17, 15) is 9.90 Å². The van der Waals surface area contributed by atoms with Gasteiger partial charge in [-0.05, 0) is 64.7 Å². The van der Waals surface area contributed by atoms with E-state index < -0.39 is 11.6 Å². The molecule has 2 aliphatic carbocycles. The van der Waals surface area contributed by atoms with Crippen LogP contribution in [0, 0.1) is 5.92 Å². The summed E-state index contributed by atoms with van der Waals surface area (Å²) >= 11 is 3.58. The minimum absolute atomic E-state index is 0.197. The first kappa shape index (κ1) is 14.7. The minimum atomic E-state index is -1.00. The largest absolute Gasteiger partial charge is 0.490 e. The Morgan fingerprint density at radius 1 is 1.43 bits per heavy atom. The fourth-order valence-electron chi connectivity index (χ4n) is 2.86. The molecule has 0 aliphatic heterocycles. The van der Waals surface area contributed by atoms with E-state index >= 15 is 0 Å². The van der Waals surface area contributed by atoms with Crippen molar-refractivity contribution in [2.45, 2.75) is 31.2 Å². The van der Waals surface area contributed by atoms with Crippen LogP contribution in [-0.4, -0.2) is 35.1 Å². The first-order valence-electron chi connectivity index (χ1n) is 7.08. The zero-order valence-electron chi connectivity index (χ0n) is 11.6. The molecular weight excluding hydrogens is 338 g/mol. The van der Waals surface area contributed by atoms with E-state index in [1.165, 1.54) is 11.1 Å². The number of amides is 1. The summed E-state index contributed by atoms with van der Waals surface area (Å²) in [5.74, 6) is 1.03. The number of aliphatic hydroxyl groups excluding tert-OH is 1. The fraction of sp³-hybridized carbons (Fsp3) is 0.533. The van der Waals surface area contributed by atoms with Crippen LogP contribution in [0.25, 0.3) is 0 Å². The van der Waals surface area contributed by atoms with Crippen LogP contribution in [0.2, 0.25) is 0 Å². The second-order valence-electron chi connectivity index (χ2n) is 5.97. The van der Waals surface area contributed by atoms with Crippen LogP contribution in [0.5, 0.6) is 5.75 Å². The summed E-state index contributed by atoms with van der Waals surface area (Å²) in [6.45, 7) is 0.545. The van der Waals surface area contributed by atoms with Crippen LogP contribution < -0.4 is 10.1 Å². The molecule has 1 saturated carbocycles. The van der Waals surface area contributed by atoms with Crippen LogP contribution in [0.1, 0.15) is 24.0 Å². The minimum Gasteiger partial charge on any atom is -0.490 e. The first-order chi connectivity index (χ1) is 10.0. The number of fused-ring (bicyclic) bond motifs is 1. The number of rotatable bonds is 5. The molecule has 6 heteroatoms. The average Bonchev–Trinajstić information content (AvgIpc) is 3.05. The number of nitrogens with one attached hydrogen (secondary N) is 1. The monoisotopic (exact) mass is 355 g/mol. The molecule has 21 heavy (non-hydrogen) atoms. The number of benzene rings is 1. The molecule has 0 spiro atoms. The number of aliphatic hydroxyl groups is 1. The Labute approximate surface area is 131 Å². The summed E-state index contributed by atoms with van der Waals surface area (Å²) in [6, 6.07) is 3.95. The Kier molecular flexibility index (Phi) is 3.84. The molecule has 1 fully saturated rings. The van der Waals surface area contributed by atoms with Crippen molar-refractivity contribution in [1.29, 1.82) is 0 Å². The first-order valence-corrected chi connectivity index (χ1v) is 7.87. The highest BCUT2D eigenvalue weighted by Gasteiger charge is 2.45. The SMILES string of the molecule is O=C(O)NC1(COc2ccc3c(c2Br)CC(CO)C3)CC1. The molecule has 0 heterocycles. The van der Waals surface area contributed by atoms with Crippen molar-refractivity contribution < 1.29 is 19.7 Å². The van der Waals surface area contributed by atoms with Gasteiger partial charge in [0.15, 0.2) is 0 Å². The molecule has 3 rings (SSSR count). The summed E-state index contributed by atoms with van der Waals surface area (Å²) in [6.07, 6.45) is 2.37. The molecule has 3 N–H and O–H groups in total. The number of hydrogen-bond donors (Lipinski definition) is 3. The van der Waals surface area contributed by atoms with Crippen molar-refractivity contribution >= 4 is 22.0 Å². The third-order valence-corrected chi connectivity index (χ3v) is 5.16. The molecule has 1 atom stereocenters. The molecule has 1 amide bonds. The highest BCUT2D eigenvalue weighted by atomic mass is 79.9. The van der Waals surface area contributed by atoms with Crippen LogP contribution in [0.4, 0.5) is 4.79 Å². The number of ether oxygens (including phenoxy) is 1. The molecule has 1 unspecified atom stereocenters. The Balaban J connectivity index is 1.69. The van der Waals surface area contributed by atoms with Gasteiger partial charge in [-0.15, -0.1) is 0 Å². The lowest BCUT2D eigenvalue weighted by Crippen LogP contribution is -2.40. The van der Waals surface area contributed by atoms with Crippen molar-refractivity contribution in [1.82, 2.24) is 5.32 Å². The number of carboxylic acid groups (broad SMARTS) is 1. The molecule has 114 valence electrons. The van der Waals surface area contributed by atoms with Crippen LogP contribution in [0.3, 0.4) is 0 Å². The van der Waals surface area contributed by atoms with Gasteiger partial charge in [0.1, 0.15) is 12.4 Å². The standard InChI is InChI=1S/C15H18BrNO4/c16-13-11-6-9(7-18)5-10(11)1-2-12(13)21-8-15(3-4-15)17-14(19)20/h1-2,9,17-18H,3-8H2,(H,19,20). The second-order valence-corrected chi connectivity index (χ2v) is 6.76. The van der Waals surface area contributed by atoms with Gasteiger partial charge in [0.25, 0.3) is 0 Å². The van der Waals surface area contributed by atoms with E-state index in [1.54, 1.807) is 0 Å². The summed E-state index contributed by atoms with van der Waals surface area (Å²) in [5, 5.41) is 20.6. The molecule has 1 aromatic carbocycles. The van der Waals surface area contributed by atoms with Gasteiger partial charge >= 0.3 is 6.09 Å². The van der Waals surface area contributed by atoms with Gasteiger partial charge in [-0.2, -0.15) is 0 Å². The van der Waals surface area contributed by atoms with Crippen molar-refractivity contribution in [2.75, 3.05) is 13.2 Å². The fourth-order valence-corrected chi connectivity index (χ4v) is 3.53. The maximum Gasteiger partial charge on any atom is 0.405 e. The van der Waals surface area contributed by atoms with Crippen molar-refractivity contribution in [3.05, 3.63) is 27.7 Å². The molecule has 0 saturated heterocycles. The van der Waals surface area contributed by atoms with Gasteiger partial charge in [0.2, 0.25) is 0 Å². The van der Waals surface area contributed by atoms with Gasteiger partial charge < -0.3 is 20.3 Å². The smallest absolute Gasteiger partial charge is 0.405 e. The van der Waals surface area contributed by atoms with Crippen molar-refractivity contribution in [3.63, 3.8) is 0 Å². The van der Waals surface area contributed by atoms with Gasteiger partial charge in [-0.1, -0.05) is 6.07 Å². The van der Waals surface area contributed by atoms with Crippen molar-refractivity contribution in [3.8, 4) is 5.75 Å². The summed E-state index contributed by atoms with van der Waals surface area (Å²) in [5.41, 5.74) is 2.03. The van der Waals surface area contributed by atoms with E-state index in [0.717, 1.165) is 35.9 Å². The highest BCUT2D eigenvalue weighted by molar-refractivity contribution is 9.10. The van der Waals surface area contributed by atoms with Gasteiger partial charge in [-0.3, -0.25) is 0 Å². The van der Waals surface area contributed by atoms with Gasteiger partial charge in [0.05, 0.1) is 10.0 Å². The van der Waals surface area contributed by atoms with Crippen LogP contribution in [0.15, 0.2) is 16.6 Å². The molecule has 0 bridgehead atoms. The number of carbonyl (C=O) groups is 1.